The fourth-order valence-electron chi connectivity index (χ4n) is 2.44. The zero-order valence-corrected chi connectivity index (χ0v) is 12.6. The smallest absolute Gasteiger partial charge is 0.222 e. The maximum atomic E-state index is 12.1. The first-order valence-electron chi connectivity index (χ1n) is 6.76. The van der Waals surface area contributed by atoms with Gasteiger partial charge < -0.3 is 10.6 Å². The Morgan fingerprint density at radius 1 is 1.47 bits per heavy atom. The summed E-state index contributed by atoms with van der Waals surface area (Å²) in [6.45, 7) is 1.61. The third kappa shape index (κ3) is 4.28. The highest BCUT2D eigenvalue weighted by molar-refractivity contribution is 7.80. The van der Waals surface area contributed by atoms with Crippen LogP contribution >= 0.6 is 23.6 Å². The zero-order valence-electron chi connectivity index (χ0n) is 11.0. The summed E-state index contributed by atoms with van der Waals surface area (Å²) < 4.78 is 0. The van der Waals surface area contributed by atoms with Gasteiger partial charge in [0.15, 0.2) is 0 Å². The van der Waals surface area contributed by atoms with Crippen LogP contribution in [0.5, 0.6) is 0 Å². The predicted molar refractivity (Wildman–Crippen MR) is 83.3 cm³/mol. The van der Waals surface area contributed by atoms with Crippen LogP contribution in [-0.2, 0) is 11.2 Å². The van der Waals surface area contributed by atoms with E-state index >= 15 is 0 Å². The maximum Gasteiger partial charge on any atom is 0.222 e. The third-order valence-electron chi connectivity index (χ3n) is 3.64. The van der Waals surface area contributed by atoms with Gasteiger partial charge in [0.25, 0.3) is 0 Å². The average molecular weight is 296 g/mol. The minimum Gasteiger partial charge on any atom is -0.393 e. The van der Waals surface area contributed by atoms with Crippen LogP contribution in [0.4, 0.5) is 0 Å². The Kier molecular flexibility index (Phi) is 5.34. The van der Waals surface area contributed by atoms with Gasteiger partial charge in [-0.05, 0) is 37.1 Å². The number of hydrogen-bond acceptors (Lipinski definition) is 3. The molecule has 3 nitrogen and oxygen atoms in total. The quantitative estimate of drug-likeness (QED) is 0.850. The average Bonchev–Trinajstić information content (AvgIpc) is 2.92. The van der Waals surface area contributed by atoms with Gasteiger partial charge in [0, 0.05) is 30.3 Å². The van der Waals surface area contributed by atoms with Crippen molar-refractivity contribution in [3.8, 4) is 0 Å². The first kappa shape index (κ1) is 14.5. The molecule has 2 rings (SSSR count). The second-order valence-corrected chi connectivity index (χ2v) is 6.49. The molecule has 1 aliphatic rings. The summed E-state index contributed by atoms with van der Waals surface area (Å²) in [6.07, 6.45) is 4.44. The number of likely N-dealkylation sites (tertiary alicyclic amines) is 1. The second-order valence-electron chi connectivity index (χ2n) is 4.99. The van der Waals surface area contributed by atoms with Crippen LogP contribution in [0, 0.1) is 5.92 Å². The van der Waals surface area contributed by atoms with Crippen LogP contribution in [0.1, 0.15) is 30.6 Å². The van der Waals surface area contributed by atoms with Crippen LogP contribution in [0.3, 0.4) is 0 Å². The summed E-state index contributed by atoms with van der Waals surface area (Å²) in [5, 5.41) is 2.08. The lowest BCUT2D eigenvalue weighted by molar-refractivity contribution is -0.132. The summed E-state index contributed by atoms with van der Waals surface area (Å²) in [6, 6.07) is 4.19. The number of hydrogen-bond donors (Lipinski definition) is 1. The van der Waals surface area contributed by atoms with Gasteiger partial charge in [0.05, 0.1) is 4.99 Å². The molecule has 1 fully saturated rings. The highest BCUT2D eigenvalue weighted by atomic mass is 32.1. The molecular weight excluding hydrogens is 276 g/mol. The van der Waals surface area contributed by atoms with E-state index in [1.807, 2.05) is 4.90 Å². The van der Waals surface area contributed by atoms with Crippen molar-refractivity contribution in [1.29, 1.82) is 0 Å². The number of rotatable bonds is 5. The molecule has 5 heteroatoms. The van der Waals surface area contributed by atoms with Gasteiger partial charge in [0.2, 0.25) is 5.91 Å². The highest BCUT2D eigenvalue weighted by Gasteiger charge is 2.23. The van der Waals surface area contributed by atoms with E-state index in [2.05, 4.69) is 17.5 Å². The topological polar surface area (TPSA) is 46.3 Å². The highest BCUT2D eigenvalue weighted by Crippen LogP contribution is 2.19. The number of thiophene rings is 1. The Morgan fingerprint density at radius 3 is 2.79 bits per heavy atom. The van der Waals surface area contributed by atoms with Crippen molar-refractivity contribution in [2.45, 2.75) is 32.1 Å². The van der Waals surface area contributed by atoms with Crippen LogP contribution in [0.15, 0.2) is 17.5 Å². The molecule has 0 spiro atoms. The Labute approximate surface area is 123 Å². The van der Waals surface area contributed by atoms with Gasteiger partial charge in [-0.15, -0.1) is 11.3 Å². The minimum absolute atomic E-state index is 0.276. The Morgan fingerprint density at radius 2 is 2.21 bits per heavy atom. The number of nitrogens with two attached hydrogens (primary N) is 1. The van der Waals surface area contributed by atoms with Gasteiger partial charge >= 0.3 is 0 Å². The van der Waals surface area contributed by atoms with Gasteiger partial charge in [-0.1, -0.05) is 18.3 Å². The van der Waals surface area contributed by atoms with E-state index in [1.54, 1.807) is 11.3 Å². The van der Waals surface area contributed by atoms with Crippen molar-refractivity contribution in [2.24, 2.45) is 11.7 Å². The molecule has 2 heterocycles. The summed E-state index contributed by atoms with van der Waals surface area (Å²) in [5.74, 6) is 0.600. The molecule has 2 N–H and O–H groups in total. The molecule has 0 saturated carbocycles. The number of piperidine rings is 1. The van der Waals surface area contributed by atoms with Crippen molar-refractivity contribution in [3.05, 3.63) is 22.4 Å². The van der Waals surface area contributed by atoms with Crippen molar-refractivity contribution in [3.63, 3.8) is 0 Å². The molecule has 1 aromatic heterocycles. The molecule has 1 aliphatic heterocycles. The number of aryl methyl sites for hydroxylation is 1. The molecule has 19 heavy (non-hydrogen) atoms. The number of carbonyl (C=O) groups excluding carboxylic acids is 1. The molecule has 1 amide bonds. The van der Waals surface area contributed by atoms with Crippen LogP contribution in [-0.4, -0.2) is 28.9 Å². The monoisotopic (exact) mass is 296 g/mol. The molecule has 1 aromatic rings. The van der Waals surface area contributed by atoms with Gasteiger partial charge in [-0.2, -0.15) is 0 Å². The Hall–Kier alpha value is -0.940. The van der Waals surface area contributed by atoms with E-state index in [1.165, 1.54) is 4.88 Å². The van der Waals surface area contributed by atoms with Crippen LogP contribution in [0.2, 0.25) is 0 Å². The van der Waals surface area contributed by atoms with Crippen molar-refractivity contribution >= 4 is 34.5 Å². The fourth-order valence-corrected chi connectivity index (χ4v) is 3.43. The molecule has 0 unspecified atom stereocenters. The molecule has 0 radical (unpaired) electrons. The summed E-state index contributed by atoms with van der Waals surface area (Å²) in [5.41, 5.74) is 5.65. The van der Waals surface area contributed by atoms with E-state index < -0.39 is 0 Å². The van der Waals surface area contributed by atoms with Gasteiger partial charge in [-0.3, -0.25) is 4.79 Å². The van der Waals surface area contributed by atoms with Gasteiger partial charge in [0.1, 0.15) is 0 Å². The second kappa shape index (κ2) is 7.01. The first-order chi connectivity index (χ1) is 9.16. The molecular formula is C14H20N2OS2. The molecule has 1 saturated heterocycles. The van der Waals surface area contributed by atoms with Gasteiger partial charge in [-0.25, -0.2) is 0 Å². The van der Waals surface area contributed by atoms with E-state index in [0.717, 1.165) is 38.8 Å². The normalized spacial score (nSPS) is 16.5. The Balaban J connectivity index is 1.68. The molecule has 0 aromatic carbocycles. The number of thiocarbonyl (C=S) groups is 1. The van der Waals surface area contributed by atoms with E-state index in [9.17, 15) is 4.79 Å². The number of amides is 1. The summed E-state index contributed by atoms with van der Waals surface area (Å²) in [4.78, 5) is 16.0. The first-order valence-corrected chi connectivity index (χ1v) is 8.05. The fraction of sp³-hybridized carbons (Fsp3) is 0.571. The lowest BCUT2D eigenvalue weighted by Crippen LogP contribution is -2.41. The lowest BCUT2D eigenvalue weighted by atomic mass is 9.96. The number of nitrogens with zero attached hydrogens (tertiary/aromatic N) is 1. The summed E-state index contributed by atoms with van der Waals surface area (Å²) >= 11 is 6.77. The van der Waals surface area contributed by atoms with Crippen LogP contribution < -0.4 is 5.73 Å². The van der Waals surface area contributed by atoms with Crippen LogP contribution in [0.25, 0.3) is 0 Å². The molecule has 0 bridgehead atoms. The molecule has 0 atom stereocenters. The largest absolute Gasteiger partial charge is 0.393 e. The SMILES string of the molecule is NC(=S)C1CCN(C(=O)CCCc2cccs2)CC1. The zero-order chi connectivity index (χ0) is 13.7. The predicted octanol–water partition coefficient (Wildman–Crippen LogP) is 2.60. The summed E-state index contributed by atoms with van der Waals surface area (Å²) in [7, 11) is 0. The minimum atomic E-state index is 0.276. The van der Waals surface area contributed by atoms with E-state index in [-0.39, 0.29) is 5.91 Å². The van der Waals surface area contributed by atoms with E-state index in [4.69, 9.17) is 18.0 Å². The van der Waals surface area contributed by atoms with E-state index in [0.29, 0.717) is 17.3 Å². The third-order valence-corrected chi connectivity index (χ3v) is 4.91. The standard InChI is InChI=1S/C14H20N2OS2/c15-14(18)11-6-8-16(9-7-11)13(17)5-1-3-12-4-2-10-19-12/h2,4,10-11H,1,3,5-9H2,(H2,15,18). The van der Waals surface area contributed by atoms with Crippen molar-refractivity contribution in [2.75, 3.05) is 13.1 Å². The number of carbonyl (C=O) groups is 1. The molecule has 104 valence electrons. The molecule has 0 aliphatic carbocycles. The van der Waals surface area contributed by atoms with Crippen molar-refractivity contribution in [1.82, 2.24) is 4.90 Å². The lowest BCUT2D eigenvalue weighted by Gasteiger charge is -2.31. The maximum absolute atomic E-state index is 12.1. The Bertz CT molecular complexity index is 423. The van der Waals surface area contributed by atoms with Crippen molar-refractivity contribution < 1.29 is 4.79 Å².